The highest BCUT2D eigenvalue weighted by Gasteiger charge is 2.37. The van der Waals surface area contributed by atoms with Crippen LogP contribution in [0.25, 0.3) is 0 Å². The summed E-state index contributed by atoms with van der Waals surface area (Å²) in [5.41, 5.74) is 0. The molecule has 4 atom stereocenters. The molecule has 1 aliphatic carbocycles. The van der Waals surface area contributed by atoms with Crippen LogP contribution >= 0.6 is 0 Å². The molecule has 2 amide bonds. The molecule has 4 nitrogen and oxygen atoms in total. The molecule has 19 heavy (non-hydrogen) atoms. The Hall–Kier alpha value is -0.770. The summed E-state index contributed by atoms with van der Waals surface area (Å²) in [6.07, 6.45) is 4.96. The summed E-state index contributed by atoms with van der Waals surface area (Å²) < 4.78 is 5.73. The van der Waals surface area contributed by atoms with Gasteiger partial charge in [-0.25, -0.2) is 4.79 Å². The van der Waals surface area contributed by atoms with Crippen molar-refractivity contribution in [3.8, 4) is 0 Å². The van der Waals surface area contributed by atoms with Gasteiger partial charge in [0.25, 0.3) is 0 Å². The summed E-state index contributed by atoms with van der Waals surface area (Å²) in [6, 6.07) is 0.415. The normalized spacial score (nSPS) is 33.5. The third-order valence-electron chi connectivity index (χ3n) is 4.34. The van der Waals surface area contributed by atoms with E-state index in [-0.39, 0.29) is 6.03 Å². The van der Waals surface area contributed by atoms with Crippen LogP contribution in [-0.4, -0.2) is 31.3 Å². The van der Waals surface area contributed by atoms with Gasteiger partial charge >= 0.3 is 6.03 Å². The molecule has 2 fully saturated rings. The highest BCUT2D eigenvalue weighted by molar-refractivity contribution is 5.74. The van der Waals surface area contributed by atoms with Crippen LogP contribution in [0.3, 0.4) is 0 Å². The number of carbonyl (C=O) groups excluding carboxylic acids is 1. The van der Waals surface area contributed by atoms with Gasteiger partial charge in [-0.15, -0.1) is 0 Å². The van der Waals surface area contributed by atoms with Crippen LogP contribution < -0.4 is 10.6 Å². The van der Waals surface area contributed by atoms with Crippen molar-refractivity contribution in [1.82, 2.24) is 10.6 Å². The minimum absolute atomic E-state index is 0.00184. The quantitative estimate of drug-likeness (QED) is 0.778. The van der Waals surface area contributed by atoms with E-state index in [1.54, 1.807) is 0 Å². The van der Waals surface area contributed by atoms with E-state index in [9.17, 15) is 4.79 Å². The lowest BCUT2D eigenvalue weighted by Crippen LogP contribution is -2.41. The van der Waals surface area contributed by atoms with Gasteiger partial charge in [-0.1, -0.05) is 27.2 Å². The lowest BCUT2D eigenvalue weighted by Gasteiger charge is -2.22. The van der Waals surface area contributed by atoms with Crippen molar-refractivity contribution in [3.63, 3.8) is 0 Å². The largest absolute Gasteiger partial charge is 0.378 e. The molecule has 2 rings (SSSR count). The fourth-order valence-corrected chi connectivity index (χ4v) is 3.17. The van der Waals surface area contributed by atoms with Crippen LogP contribution in [0.15, 0.2) is 0 Å². The second-order valence-electron chi connectivity index (χ2n) is 6.37. The van der Waals surface area contributed by atoms with Gasteiger partial charge in [-0.05, 0) is 31.1 Å². The van der Waals surface area contributed by atoms with Crippen molar-refractivity contribution in [1.29, 1.82) is 0 Å². The molecule has 1 saturated carbocycles. The summed E-state index contributed by atoms with van der Waals surface area (Å²) in [4.78, 5) is 11.8. The minimum atomic E-state index is -0.00184. The van der Waals surface area contributed by atoms with E-state index in [2.05, 4.69) is 31.4 Å². The van der Waals surface area contributed by atoms with Crippen LogP contribution in [0, 0.1) is 17.8 Å². The monoisotopic (exact) mass is 268 g/mol. The Morgan fingerprint density at radius 3 is 2.84 bits per heavy atom. The Morgan fingerprint density at radius 2 is 2.16 bits per heavy atom. The third kappa shape index (κ3) is 4.10. The highest BCUT2D eigenvalue weighted by Crippen LogP contribution is 2.34. The predicted octanol–water partition coefficient (Wildman–Crippen LogP) is 2.54. The smallest absolute Gasteiger partial charge is 0.315 e. The van der Waals surface area contributed by atoms with E-state index in [1.165, 1.54) is 12.8 Å². The topological polar surface area (TPSA) is 50.4 Å². The standard InChI is InChI=1S/C15H28N2O2/c1-4-5-11-8-13(11)17-15(18)16-9-12-6-7-19-14(12)10(2)3/h10-14H,4-9H2,1-3H3,(H2,16,17,18)/t11?,12-,13?,14-/m1/s1. The molecule has 0 aromatic rings. The number of hydrogen-bond acceptors (Lipinski definition) is 2. The number of amides is 2. The van der Waals surface area contributed by atoms with Crippen molar-refractivity contribution < 1.29 is 9.53 Å². The molecule has 0 aromatic carbocycles. The van der Waals surface area contributed by atoms with Crippen molar-refractivity contribution in [2.75, 3.05) is 13.2 Å². The number of rotatable bonds is 6. The van der Waals surface area contributed by atoms with Crippen LogP contribution in [0.2, 0.25) is 0 Å². The number of nitrogens with one attached hydrogen (secondary N) is 2. The predicted molar refractivity (Wildman–Crippen MR) is 76.0 cm³/mol. The molecule has 1 aliphatic heterocycles. The van der Waals surface area contributed by atoms with Gasteiger partial charge in [0.1, 0.15) is 0 Å². The van der Waals surface area contributed by atoms with Crippen LogP contribution in [0.1, 0.15) is 46.5 Å². The second-order valence-corrected chi connectivity index (χ2v) is 6.37. The fraction of sp³-hybridized carbons (Fsp3) is 0.933. The van der Waals surface area contributed by atoms with Crippen molar-refractivity contribution in [3.05, 3.63) is 0 Å². The Balaban J connectivity index is 1.64. The summed E-state index contributed by atoms with van der Waals surface area (Å²) in [6.45, 7) is 8.13. The first-order valence-corrected chi connectivity index (χ1v) is 7.77. The maximum Gasteiger partial charge on any atom is 0.315 e. The average Bonchev–Trinajstić information content (AvgIpc) is 2.92. The average molecular weight is 268 g/mol. The summed E-state index contributed by atoms with van der Waals surface area (Å²) in [7, 11) is 0. The van der Waals surface area contributed by atoms with Crippen molar-refractivity contribution >= 4 is 6.03 Å². The zero-order valence-corrected chi connectivity index (χ0v) is 12.4. The zero-order chi connectivity index (χ0) is 13.8. The van der Waals surface area contributed by atoms with Crippen molar-refractivity contribution in [2.24, 2.45) is 17.8 Å². The van der Waals surface area contributed by atoms with E-state index in [4.69, 9.17) is 4.74 Å². The molecule has 0 spiro atoms. The molecular formula is C15H28N2O2. The molecule has 110 valence electrons. The number of hydrogen-bond donors (Lipinski definition) is 2. The summed E-state index contributed by atoms with van der Waals surface area (Å²) >= 11 is 0. The molecular weight excluding hydrogens is 240 g/mol. The Morgan fingerprint density at radius 1 is 1.37 bits per heavy atom. The van der Waals surface area contributed by atoms with E-state index >= 15 is 0 Å². The maximum atomic E-state index is 11.8. The SMILES string of the molecule is CCCC1CC1NC(=O)NC[C@H]1CCO[C@@H]1C(C)C. The molecule has 1 saturated heterocycles. The van der Waals surface area contributed by atoms with Crippen LogP contribution in [0.4, 0.5) is 4.79 Å². The minimum Gasteiger partial charge on any atom is -0.378 e. The fourth-order valence-electron chi connectivity index (χ4n) is 3.17. The Bertz CT molecular complexity index is 307. The van der Waals surface area contributed by atoms with Crippen molar-refractivity contribution in [2.45, 2.75) is 58.6 Å². The molecule has 2 unspecified atom stereocenters. The third-order valence-corrected chi connectivity index (χ3v) is 4.34. The lowest BCUT2D eigenvalue weighted by atomic mass is 9.93. The Kier molecular flexibility index (Phi) is 5.08. The van der Waals surface area contributed by atoms with Gasteiger partial charge in [-0.2, -0.15) is 0 Å². The van der Waals surface area contributed by atoms with Gasteiger partial charge in [0.2, 0.25) is 0 Å². The van der Waals surface area contributed by atoms with Crippen LogP contribution in [0.5, 0.6) is 0 Å². The lowest BCUT2D eigenvalue weighted by molar-refractivity contribution is 0.0545. The van der Waals surface area contributed by atoms with E-state index in [0.717, 1.165) is 26.0 Å². The number of carbonyl (C=O) groups is 1. The first kappa shape index (κ1) is 14.6. The highest BCUT2D eigenvalue weighted by atomic mass is 16.5. The molecule has 2 aliphatic rings. The number of ether oxygens (including phenoxy) is 1. The van der Waals surface area contributed by atoms with Gasteiger partial charge in [0.05, 0.1) is 6.10 Å². The first-order valence-electron chi connectivity index (χ1n) is 7.77. The van der Waals surface area contributed by atoms with Crippen LogP contribution in [-0.2, 0) is 4.74 Å². The van der Waals surface area contributed by atoms with Gasteiger partial charge in [-0.3, -0.25) is 0 Å². The van der Waals surface area contributed by atoms with E-state index in [1.807, 2.05) is 0 Å². The molecule has 0 bridgehead atoms. The van der Waals surface area contributed by atoms with Gasteiger partial charge < -0.3 is 15.4 Å². The molecule has 0 radical (unpaired) electrons. The Labute approximate surface area is 116 Å². The van der Waals surface area contributed by atoms with E-state index in [0.29, 0.717) is 29.9 Å². The molecule has 2 N–H and O–H groups in total. The van der Waals surface area contributed by atoms with E-state index < -0.39 is 0 Å². The summed E-state index contributed by atoms with van der Waals surface area (Å²) in [5, 5.41) is 6.08. The zero-order valence-electron chi connectivity index (χ0n) is 12.4. The number of urea groups is 1. The first-order chi connectivity index (χ1) is 9.11. The molecule has 0 aromatic heterocycles. The molecule has 1 heterocycles. The maximum absolute atomic E-state index is 11.8. The van der Waals surface area contributed by atoms with Gasteiger partial charge in [0, 0.05) is 25.1 Å². The molecule has 4 heteroatoms. The summed E-state index contributed by atoms with van der Waals surface area (Å²) in [5.74, 6) is 1.71. The second kappa shape index (κ2) is 6.60. The van der Waals surface area contributed by atoms with Gasteiger partial charge in [0.15, 0.2) is 0 Å².